The molecule has 0 amide bonds. The molecule has 0 aliphatic rings. The van der Waals surface area contributed by atoms with E-state index in [1.807, 2.05) is 6.92 Å². The van der Waals surface area contributed by atoms with Crippen molar-refractivity contribution in [3.05, 3.63) is 33.9 Å². The third-order valence-corrected chi connectivity index (χ3v) is 3.27. The second-order valence-electron chi connectivity index (χ2n) is 4.64. The number of hydrogen-bond acceptors (Lipinski definition) is 3. The highest BCUT2D eigenvalue weighted by molar-refractivity contribution is 6.20. The lowest BCUT2D eigenvalue weighted by molar-refractivity contribution is -0.385. The van der Waals surface area contributed by atoms with E-state index >= 15 is 0 Å². The number of nitro groups is 1. The van der Waals surface area contributed by atoms with E-state index in [9.17, 15) is 10.1 Å². The van der Waals surface area contributed by atoms with Crippen LogP contribution in [0.5, 0.6) is 5.75 Å². The smallest absolute Gasteiger partial charge is 0.310 e. The molecule has 0 bridgehead atoms. The van der Waals surface area contributed by atoms with Gasteiger partial charge in [0.15, 0.2) is 5.75 Å². The highest BCUT2D eigenvalue weighted by atomic mass is 35.5. The van der Waals surface area contributed by atoms with Gasteiger partial charge in [0, 0.05) is 17.4 Å². The summed E-state index contributed by atoms with van der Waals surface area (Å²) in [5, 5.41) is 10.8. The van der Waals surface area contributed by atoms with Gasteiger partial charge in [0.25, 0.3) is 0 Å². The van der Waals surface area contributed by atoms with Crippen LogP contribution in [0.15, 0.2) is 18.2 Å². The topological polar surface area (TPSA) is 52.4 Å². The van der Waals surface area contributed by atoms with Crippen LogP contribution in [0, 0.1) is 16.0 Å². The quantitative estimate of drug-likeness (QED) is 0.462. The molecule has 4 nitrogen and oxygen atoms in total. The summed E-state index contributed by atoms with van der Waals surface area (Å²) < 4.78 is 5.07. The van der Waals surface area contributed by atoms with Crippen molar-refractivity contribution in [3.8, 4) is 5.75 Å². The first-order valence-electron chi connectivity index (χ1n) is 5.84. The number of benzene rings is 1. The van der Waals surface area contributed by atoms with E-state index in [4.69, 9.17) is 16.3 Å². The number of rotatable bonds is 5. The number of halogens is 1. The number of methoxy groups -OCH3 is 1. The van der Waals surface area contributed by atoms with Gasteiger partial charge in [-0.05, 0) is 24.5 Å². The molecule has 0 aliphatic carbocycles. The highest BCUT2D eigenvalue weighted by Gasteiger charge is 2.24. The normalized spacial score (nSPS) is 14.3. The molecule has 1 aromatic carbocycles. The van der Waals surface area contributed by atoms with E-state index in [1.54, 1.807) is 12.1 Å². The Labute approximate surface area is 112 Å². The van der Waals surface area contributed by atoms with Crippen LogP contribution in [0.1, 0.15) is 32.3 Å². The predicted molar refractivity (Wildman–Crippen MR) is 72.5 cm³/mol. The summed E-state index contributed by atoms with van der Waals surface area (Å²) in [4.78, 5) is 10.4. The van der Waals surface area contributed by atoms with Gasteiger partial charge in [-0.1, -0.05) is 19.9 Å². The molecule has 0 fully saturated rings. The van der Waals surface area contributed by atoms with Crippen molar-refractivity contribution in [2.75, 3.05) is 7.11 Å². The van der Waals surface area contributed by atoms with E-state index in [0.29, 0.717) is 5.92 Å². The average molecular weight is 272 g/mol. The van der Waals surface area contributed by atoms with Crippen molar-refractivity contribution < 1.29 is 9.66 Å². The standard InChI is InChI=1S/C13H18ClNO3/c1-8(2)13(9(3)14)10-5-6-11(15(16)17)12(7-10)18-4/h5-9,13H,1-4H3. The third kappa shape index (κ3) is 3.13. The van der Waals surface area contributed by atoms with Crippen molar-refractivity contribution in [1.82, 2.24) is 0 Å². The third-order valence-electron chi connectivity index (χ3n) is 3.00. The lowest BCUT2D eigenvalue weighted by Gasteiger charge is -2.24. The van der Waals surface area contributed by atoms with Crippen LogP contribution in [0.4, 0.5) is 5.69 Å². The van der Waals surface area contributed by atoms with Gasteiger partial charge in [-0.25, -0.2) is 0 Å². The van der Waals surface area contributed by atoms with Gasteiger partial charge in [-0.2, -0.15) is 0 Å². The first-order chi connectivity index (χ1) is 8.38. The van der Waals surface area contributed by atoms with Crippen molar-refractivity contribution in [1.29, 1.82) is 0 Å². The molecular formula is C13H18ClNO3. The number of nitro benzene ring substituents is 1. The minimum Gasteiger partial charge on any atom is -0.490 e. The van der Waals surface area contributed by atoms with Crippen molar-refractivity contribution in [2.24, 2.45) is 5.92 Å². The fourth-order valence-electron chi connectivity index (χ4n) is 2.23. The first kappa shape index (κ1) is 14.8. The van der Waals surface area contributed by atoms with Crippen LogP contribution >= 0.6 is 11.6 Å². The average Bonchev–Trinajstić information content (AvgIpc) is 2.27. The summed E-state index contributed by atoms with van der Waals surface area (Å²) in [5.74, 6) is 0.769. The van der Waals surface area contributed by atoms with E-state index in [0.717, 1.165) is 5.56 Å². The van der Waals surface area contributed by atoms with Gasteiger partial charge in [0.1, 0.15) is 0 Å². The Morgan fingerprint density at radius 2 is 1.94 bits per heavy atom. The number of alkyl halides is 1. The van der Waals surface area contributed by atoms with Crippen LogP contribution in [0.3, 0.4) is 0 Å². The molecule has 2 unspecified atom stereocenters. The summed E-state index contributed by atoms with van der Waals surface area (Å²) in [5.41, 5.74) is 0.945. The molecule has 0 spiro atoms. The molecule has 0 saturated heterocycles. The number of nitrogens with zero attached hydrogens (tertiary/aromatic N) is 1. The fraction of sp³-hybridized carbons (Fsp3) is 0.538. The molecule has 0 aromatic heterocycles. The molecule has 0 N–H and O–H groups in total. The van der Waals surface area contributed by atoms with Gasteiger partial charge in [0.2, 0.25) is 0 Å². The molecular weight excluding hydrogens is 254 g/mol. The van der Waals surface area contributed by atoms with Gasteiger partial charge in [-0.15, -0.1) is 11.6 Å². The van der Waals surface area contributed by atoms with Crippen LogP contribution in [0.25, 0.3) is 0 Å². The van der Waals surface area contributed by atoms with Crippen molar-refractivity contribution in [3.63, 3.8) is 0 Å². The second-order valence-corrected chi connectivity index (χ2v) is 5.32. The Hall–Kier alpha value is -1.29. The molecule has 5 heteroatoms. The molecule has 1 rings (SSSR count). The molecule has 0 radical (unpaired) electrons. The number of ether oxygens (including phenoxy) is 1. The molecule has 1 aromatic rings. The van der Waals surface area contributed by atoms with Crippen LogP contribution in [-0.2, 0) is 0 Å². The minimum absolute atomic E-state index is 0.0222. The minimum atomic E-state index is -0.447. The molecule has 0 heterocycles. The zero-order valence-corrected chi connectivity index (χ0v) is 11.8. The Kier molecular flexibility index (Phi) is 4.96. The van der Waals surface area contributed by atoms with Gasteiger partial charge in [-0.3, -0.25) is 10.1 Å². The van der Waals surface area contributed by atoms with Crippen LogP contribution in [-0.4, -0.2) is 17.4 Å². The SMILES string of the molecule is COc1cc(C(C(C)C)C(C)Cl)ccc1[N+](=O)[O-]. The largest absolute Gasteiger partial charge is 0.490 e. The van der Waals surface area contributed by atoms with E-state index in [-0.39, 0.29) is 22.7 Å². The van der Waals surface area contributed by atoms with Gasteiger partial charge >= 0.3 is 5.69 Å². The second kappa shape index (κ2) is 6.05. The lowest BCUT2D eigenvalue weighted by Crippen LogP contribution is -2.16. The Bertz CT molecular complexity index is 424. The van der Waals surface area contributed by atoms with Gasteiger partial charge in [0.05, 0.1) is 12.0 Å². The summed E-state index contributed by atoms with van der Waals surface area (Å²) >= 11 is 6.20. The van der Waals surface area contributed by atoms with E-state index in [2.05, 4.69) is 13.8 Å². The summed E-state index contributed by atoms with van der Waals surface area (Å²) in [6.45, 7) is 6.09. The van der Waals surface area contributed by atoms with Crippen molar-refractivity contribution >= 4 is 17.3 Å². The number of hydrogen-bond donors (Lipinski definition) is 0. The lowest BCUT2D eigenvalue weighted by atomic mass is 9.86. The van der Waals surface area contributed by atoms with E-state index in [1.165, 1.54) is 13.2 Å². The Morgan fingerprint density at radius 1 is 1.33 bits per heavy atom. The summed E-state index contributed by atoms with van der Waals surface area (Å²) in [6, 6.07) is 4.94. The highest BCUT2D eigenvalue weighted by Crippen LogP contribution is 2.36. The van der Waals surface area contributed by atoms with E-state index < -0.39 is 4.92 Å². The van der Waals surface area contributed by atoms with Crippen LogP contribution < -0.4 is 4.74 Å². The Morgan fingerprint density at radius 3 is 2.33 bits per heavy atom. The van der Waals surface area contributed by atoms with Crippen LogP contribution in [0.2, 0.25) is 0 Å². The molecule has 0 saturated carbocycles. The maximum absolute atomic E-state index is 10.8. The first-order valence-corrected chi connectivity index (χ1v) is 6.28. The molecule has 2 atom stereocenters. The molecule has 18 heavy (non-hydrogen) atoms. The zero-order chi connectivity index (χ0) is 13.9. The maximum Gasteiger partial charge on any atom is 0.310 e. The predicted octanol–water partition coefficient (Wildman–Crippen LogP) is 3.97. The van der Waals surface area contributed by atoms with Gasteiger partial charge < -0.3 is 4.74 Å². The maximum atomic E-state index is 10.8. The Balaban J connectivity index is 3.22. The van der Waals surface area contributed by atoms with Crippen molar-refractivity contribution in [2.45, 2.75) is 32.1 Å². The molecule has 0 aliphatic heterocycles. The summed E-state index contributed by atoms with van der Waals surface area (Å²) in [7, 11) is 1.43. The summed E-state index contributed by atoms with van der Waals surface area (Å²) in [6.07, 6.45) is 0. The zero-order valence-electron chi connectivity index (χ0n) is 11.0. The fourth-order valence-corrected chi connectivity index (χ4v) is 2.67. The monoisotopic (exact) mass is 271 g/mol. The molecule has 100 valence electrons.